The number of hydrogen-bond donors (Lipinski definition) is 2. The van der Waals surface area contributed by atoms with Gasteiger partial charge in [-0.15, -0.1) is 0 Å². The zero-order valence-corrected chi connectivity index (χ0v) is 9.85. The summed E-state index contributed by atoms with van der Waals surface area (Å²) in [4.78, 5) is 29.3. The Balaban J connectivity index is 1.99. The maximum Gasteiger partial charge on any atom is 0.303 e. The first-order valence-corrected chi connectivity index (χ1v) is 5.84. The van der Waals surface area contributed by atoms with E-state index in [0.29, 0.717) is 24.8 Å². The monoisotopic (exact) mass is 246 g/mol. The summed E-state index contributed by atoms with van der Waals surface area (Å²) in [6.07, 6.45) is 6.62. The molecule has 5 nitrogen and oxygen atoms in total. The van der Waals surface area contributed by atoms with Crippen LogP contribution in [0.1, 0.15) is 36.0 Å². The van der Waals surface area contributed by atoms with Crippen LogP contribution >= 0.6 is 0 Å². The van der Waals surface area contributed by atoms with Gasteiger partial charge in [-0.3, -0.25) is 14.6 Å². The smallest absolute Gasteiger partial charge is 0.303 e. The van der Waals surface area contributed by atoms with Crippen molar-refractivity contribution in [2.75, 3.05) is 0 Å². The van der Waals surface area contributed by atoms with E-state index in [9.17, 15) is 9.59 Å². The van der Waals surface area contributed by atoms with Crippen LogP contribution < -0.4 is 0 Å². The van der Waals surface area contributed by atoms with Crippen molar-refractivity contribution in [3.8, 4) is 0 Å². The lowest BCUT2D eigenvalue weighted by Gasteiger charge is -1.98. The molecular weight excluding hydrogens is 232 g/mol. The number of carbonyl (C=O) groups is 2. The average molecular weight is 246 g/mol. The van der Waals surface area contributed by atoms with Crippen LogP contribution in [0.5, 0.6) is 0 Å². The van der Waals surface area contributed by atoms with Gasteiger partial charge in [-0.2, -0.15) is 0 Å². The van der Waals surface area contributed by atoms with Crippen molar-refractivity contribution in [2.24, 2.45) is 0 Å². The van der Waals surface area contributed by atoms with Gasteiger partial charge in [-0.1, -0.05) is 0 Å². The Morgan fingerprint density at radius 1 is 1.28 bits per heavy atom. The molecule has 5 heteroatoms. The van der Waals surface area contributed by atoms with Gasteiger partial charge in [0.2, 0.25) is 0 Å². The van der Waals surface area contributed by atoms with Gasteiger partial charge in [-0.05, 0) is 18.9 Å². The van der Waals surface area contributed by atoms with Crippen molar-refractivity contribution in [2.45, 2.75) is 25.7 Å². The largest absolute Gasteiger partial charge is 0.481 e. The fraction of sp³-hybridized carbons (Fsp3) is 0.308. The van der Waals surface area contributed by atoms with Gasteiger partial charge < -0.3 is 10.1 Å². The van der Waals surface area contributed by atoms with Crippen molar-refractivity contribution < 1.29 is 14.7 Å². The zero-order valence-electron chi connectivity index (χ0n) is 9.85. The number of hydrogen-bond acceptors (Lipinski definition) is 3. The number of nitrogens with zero attached hydrogens (tertiary/aromatic N) is 1. The fourth-order valence-electron chi connectivity index (χ4n) is 1.89. The average Bonchev–Trinajstić information content (AvgIpc) is 2.78. The Kier molecular flexibility index (Phi) is 3.72. The molecule has 0 saturated carbocycles. The minimum absolute atomic E-state index is 0.0274. The van der Waals surface area contributed by atoms with E-state index in [2.05, 4.69) is 9.97 Å². The molecule has 0 aliphatic carbocycles. The highest BCUT2D eigenvalue weighted by Gasteiger charge is 2.11. The summed E-state index contributed by atoms with van der Waals surface area (Å²) >= 11 is 0. The lowest BCUT2D eigenvalue weighted by atomic mass is 10.0. The highest BCUT2D eigenvalue weighted by Crippen LogP contribution is 2.19. The predicted molar refractivity (Wildman–Crippen MR) is 66.5 cm³/mol. The number of carboxylic acid groups (broad SMARTS) is 1. The van der Waals surface area contributed by atoms with Crippen molar-refractivity contribution in [3.05, 3.63) is 30.2 Å². The third kappa shape index (κ3) is 2.74. The normalized spacial score (nSPS) is 10.7. The first kappa shape index (κ1) is 12.3. The number of rotatable bonds is 6. The number of aromatic amines is 1. The molecule has 94 valence electrons. The summed E-state index contributed by atoms with van der Waals surface area (Å²) in [6.45, 7) is 0. The van der Waals surface area contributed by atoms with Crippen LogP contribution in [0.15, 0.2) is 24.7 Å². The Morgan fingerprint density at radius 2 is 2.06 bits per heavy atom. The van der Waals surface area contributed by atoms with E-state index in [1.165, 1.54) is 0 Å². The maximum atomic E-state index is 12.0. The predicted octanol–water partition coefficient (Wildman–Crippen LogP) is 2.39. The molecule has 18 heavy (non-hydrogen) atoms. The second-order valence-corrected chi connectivity index (χ2v) is 4.15. The molecule has 0 aliphatic heterocycles. The molecular formula is C13H14N2O3. The molecule has 0 aliphatic rings. The number of nitrogens with one attached hydrogen (secondary N) is 1. The molecule has 2 N–H and O–H groups in total. The van der Waals surface area contributed by atoms with Crippen LogP contribution in [0.4, 0.5) is 0 Å². The molecule has 0 atom stereocenters. The summed E-state index contributed by atoms with van der Waals surface area (Å²) in [6, 6.07) is 1.82. The van der Waals surface area contributed by atoms with E-state index in [4.69, 9.17) is 5.11 Å². The first-order chi connectivity index (χ1) is 8.68. The molecule has 2 rings (SSSR count). The number of carbonyl (C=O) groups excluding carboxylic acids is 1. The number of carboxylic acids is 1. The van der Waals surface area contributed by atoms with Crippen LogP contribution in [-0.2, 0) is 4.79 Å². The second kappa shape index (κ2) is 5.44. The minimum atomic E-state index is -0.821. The van der Waals surface area contributed by atoms with Gasteiger partial charge in [0.25, 0.3) is 0 Å². The summed E-state index contributed by atoms with van der Waals surface area (Å²) < 4.78 is 0. The molecule has 0 aromatic carbocycles. The lowest BCUT2D eigenvalue weighted by Crippen LogP contribution is -1.99. The fourth-order valence-corrected chi connectivity index (χ4v) is 1.89. The molecule has 0 amide bonds. The molecule has 2 heterocycles. The van der Waals surface area contributed by atoms with Gasteiger partial charge in [0.1, 0.15) is 0 Å². The van der Waals surface area contributed by atoms with Crippen molar-refractivity contribution in [1.82, 2.24) is 9.97 Å². The van der Waals surface area contributed by atoms with Gasteiger partial charge in [0.05, 0.1) is 0 Å². The van der Waals surface area contributed by atoms with E-state index < -0.39 is 5.97 Å². The number of unbranched alkanes of at least 4 members (excludes halogenated alkanes) is 1. The van der Waals surface area contributed by atoms with E-state index in [-0.39, 0.29) is 12.2 Å². The molecule has 0 fully saturated rings. The van der Waals surface area contributed by atoms with Crippen molar-refractivity contribution in [3.63, 3.8) is 0 Å². The molecule has 0 spiro atoms. The standard InChI is InChI=1S/C13H14N2O3/c16-12(3-1-2-4-13(17)18)10-8-15-11-5-6-14-7-9(10)11/h5-8,15H,1-4H2,(H,17,18). The van der Waals surface area contributed by atoms with Crippen molar-refractivity contribution >= 4 is 22.7 Å². The molecule has 2 aromatic rings. The maximum absolute atomic E-state index is 12.0. The van der Waals surface area contributed by atoms with Gasteiger partial charge >= 0.3 is 5.97 Å². The molecule has 0 saturated heterocycles. The summed E-state index contributed by atoms with van der Waals surface area (Å²) in [5.74, 6) is -0.793. The number of aromatic nitrogens is 2. The summed E-state index contributed by atoms with van der Waals surface area (Å²) in [5, 5.41) is 9.33. The van der Waals surface area contributed by atoms with E-state index in [0.717, 1.165) is 10.9 Å². The highest BCUT2D eigenvalue weighted by atomic mass is 16.4. The topological polar surface area (TPSA) is 83.0 Å². The molecule has 0 unspecified atom stereocenters. The van der Waals surface area contributed by atoms with Crippen molar-refractivity contribution in [1.29, 1.82) is 0 Å². The van der Waals surface area contributed by atoms with Crippen LogP contribution in [-0.4, -0.2) is 26.8 Å². The Labute approximate surface area is 104 Å². The molecule has 0 radical (unpaired) electrons. The SMILES string of the molecule is O=C(O)CCCCC(=O)c1c[nH]c2ccncc12. The van der Waals surface area contributed by atoms with Crippen LogP contribution in [0, 0.1) is 0 Å². The quantitative estimate of drug-likeness (QED) is 0.605. The number of H-pyrrole nitrogens is 1. The minimum Gasteiger partial charge on any atom is -0.481 e. The van der Waals surface area contributed by atoms with Crippen LogP contribution in [0.2, 0.25) is 0 Å². The highest BCUT2D eigenvalue weighted by molar-refractivity contribution is 6.07. The number of fused-ring (bicyclic) bond motifs is 1. The Morgan fingerprint density at radius 3 is 2.83 bits per heavy atom. The third-order valence-electron chi connectivity index (χ3n) is 2.83. The van der Waals surface area contributed by atoms with E-state index >= 15 is 0 Å². The number of aliphatic carboxylic acids is 1. The van der Waals surface area contributed by atoms with E-state index in [1.54, 1.807) is 18.6 Å². The summed E-state index contributed by atoms with van der Waals surface area (Å²) in [5.41, 5.74) is 1.52. The van der Waals surface area contributed by atoms with Gasteiger partial charge in [0, 0.05) is 47.9 Å². The lowest BCUT2D eigenvalue weighted by molar-refractivity contribution is -0.137. The number of Topliss-reactive ketones (excluding diaryl/α,β-unsaturated/α-hetero) is 1. The van der Waals surface area contributed by atoms with Gasteiger partial charge in [0.15, 0.2) is 5.78 Å². The molecule has 0 bridgehead atoms. The Hall–Kier alpha value is -2.17. The van der Waals surface area contributed by atoms with Gasteiger partial charge in [-0.25, -0.2) is 0 Å². The zero-order chi connectivity index (χ0) is 13.0. The van der Waals surface area contributed by atoms with Crippen LogP contribution in [0.25, 0.3) is 10.9 Å². The molecule has 2 aromatic heterocycles. The first-order valence-electron chi connectivity index (χ1n) is 5.84. The number of ketones is 1. The Bertz CT molecular complexity index is 574. The van der Waals surface area contributed by atoms with E-state index in [1.807, 2.05) is 6.07 Å². The third-order valence-corrected chi connectivity index (χ3v) is 2.83. The summed E-state index contributed by atoms with van der Waals surface area (Å²) in [7, 11) is 0. The van der Waals surface area contributed by atoms with Crippen LogP contribution in [0.3, 0.4) is 0 Å². The second-order valence-electron chi connectivity index (χ2n) is 4.15. The number of pyridine rings is 1.